The lowest BCUT2D eigenvalue weighted by atomic mass is 10.2. The number of nitrogen functional groups attached to an aromatic ring is 1. The molecule has 1 heterocycles. The van der Waals surface area contributed by atoms with Gasteiger partial charge in [-0.2, -0.15) is 5.10 Å². The van der Waals surface area contributed by atoms with Crippen molar-refractivity contribution >= 4 is 17.3 Å². The first kappa shape index (κ1) is 14.0. The van der Waals surface area contributed by atoms with E-state index in [0.29, 0.717) is 12.1 Å². The molecule has 0 bridgehead atoms. The van der Waals surface area contributed by atoms with Gasteiger partial charge in [0.25, 0.3) is 5.91 Å². The Bertz CT molecular complexity index is 619. The van der Waals surface area contributed by atoms with Crippen molar-refractivity contribution in [3.63, 3.8) is 0 Å². The van der Waals surface area contributed by atoms with E-state index in [9.17, 15) is 13.6 Å². The van der Waals surface area contributed by atoms with Crippen LogP contribution in [0.25, 0.3) is 0 Å². The molecule has 2 rings (SSSR count). The highest BCUT2D eigenvalue weighted by molar-refractivity contribution is 6.06. The summed E-state index contributed by atoms with van der Waals surface area (Å²) in [5.74, 6) is -2.48. The molecular weight excluding hydrogens is 266 g/mol. The van der Waals surface area contributed by atoms with Gasteiger partial charge in [-0.15, -0.1) is 0 Å². The molecule has 0 saturated carbocycles. The Morgan fingerprint density at radius 1 is 1.40 bits per heavy atom. The number of H-pyrrole nitrogens is 1. The van der Waals surface area contributed by atoms with Crippen LogP contribution in [-0.2, 0) is 6.42 Å². The largest absolute Gasteiger partial charge is 0.395 e. The Kier molecular flexibility index (Phi) is 3.97. The van der Waals surface area contributed by atoms with Crippen molar-refractivity contribution in [2.45, 2.75) is 19.8 Å². The van der Waals surface area contributed by atoms with E-state index in [0.717, 1.165) is 18.6 Å². The summed E-state index contributed by atoms with van der Waals surface area (Å²) in [7, 11) is 0. The van der Waals surface area contributed by atoms with Crippen LogP contribution < -0.4 is 11.1 Å². The van der Waals surface area contributed by atoms with Crippen LogP contribution in [0.4, 0.5) is 20.2 Å². The lowest BCUT2D eigenvalue weighted by Crippen LogP contribution is -2.16. The van der Waals surface area contributed by atoms with Crippen LogP contribution in [0.3, 0.4) is 0 Å². The molecule has 0 spiro atoms. The van der Waals surface area contributed by atoms with Gasteiger partial charge in [0.1, 0.15) is 17.3 Å². The van der Waals surface area contributed by atoms with Crippen LogP contribution in [0.2, 0.25) is 0 Å². The number of para-hydroxylation sites is 1. The van der Waals surface area contributed by atoms with Gasteiger partial charge in [0, 0.05) is 0 Å². The summed E-state index contributed by atoms with van der Waals surface area (Å²) in [4.78, 5) is 12.0. The van der Waals surface area contributed by atoms with Gasteiger partial charge in [-0.25, -0.2) is 8.78 Å². The molecule has 0 radical (unpaired) electrons. The summed E-state index contributed by atoms with van der Waals surface area (Å²) in [6, 6.07) is 3.31. The first-order chi connectivity index (χ1) is 9.54. The molecule has 106 valence electrons. The maximum atomic E-state index is 13.4. The summed E-state index contributed by atoms with van der Waals surface area (Å²) in [6.07, 6.45) is 1.47. The molecule has 0 atom stereocenters. The van der Waals surface area contributed by atoms with Crippen LogP contribution in [-0.4, -0.2) is 16.1 Å². The Labute approximate surface area is 114 Å². The first-order valence-electron chi connectivity index (χ1n) is 6.12. The number of rotatable bonds is 4. The number of halogens is 2. The van der Waals surface area contributed by atoms with E-state index in [-0.39, 0.29) is 11.4 Å². The highest BCUT2D eigenvalue weighted by Crippen LogP contribution is 2.21. The van der Waals surface area contributed by atoms with Crippen molar-refractivity contribution in [1.29, 1.82) is 0 Å². The number of carbonyl (C=O) groups is 1. The second-order valence-corrected chi connectivity index (χ2v) is 4.27. The first-order valence-corrected chi connectivity index (χ1v) is 6.12. The van der Waals surface area contributed by atoms with Crippen LogP contribution in [0.1, 0.15) is 29.5 Å². The molecule has 0 saturated heterocycles. The molecule has 1 aromatic heterocycles. The Balaban J connectivity index is 2.25. The third-order valence-corrected chi connectivity index (χ3v) is 2.80. The number of nitrogens with one attached hydrogen (secondary N) is 2. The molecular formula is C13H14F2N4O. The lowest BCUT2D eigenvalue weighted by Gasteiger charge is -2.06. The zero-order valence-corrected chi connectivity index (χ0v) is 10.8. The van der Waals surface area contributed by atoms with Crippen molar-refractivity contribution in [3.05, 3.63) is 41.2 Å². The van der Waals surface area contributed by atoms with E-state index >= 15 is 0 Å². The smallest absolute Gasteiger partial charge is 0.278 e. The number of anilines is 2. The van der Waals surface area contributed by atoms with Crippen LogP contribution >= 0.6 is 0 Å². The number of hydrogen-bond acceptors (Lipinski definition) is 3. The predicted molar refractivity (Wildman–Crippen MR) is 71.3 cm³/mol. The summed E-state index contributed by atoms with van der Waals surface area (Å²) < 4.78 is 26.9. The molecule has 0 fully saturated rings. The monoisotopic (exact) mass is 280 g/mol. The van der Waals surface area contributed by atoms with Crippen LogP contribution in [0.15, 0.2) is 18.2 Å². The van der Waals surface area contributed by atoms with E-state index in [4.69, 9.17) is 5.73 Å². The van der Waals surface area contributed by atoms with Gasteiger partial charge >= 0.3 is 0 Å². The van der Waals surface area contributed by atoms with E-state index in [1.807, 2.05) is 6.92 Å². The maximum absolute atomic E-state index is 13.4. The highest BCUT2D eigenvalue weighted by atomic mass is 19.1. The standard InChI is InChI=1S/C13H14F2N4O/c1-2-4-9-10(16)12(19-18-9)13(20)17-11-7(14)5-3-6-8(11)15/h3,5-6H,2,4,16H2,1H3,(H,17,20)(H,18,19). The van der Waals surface area contributed by atoms with Gasteiger partial charge in [-0.3, -0.25) is 9.89 Å². The molecule has 20 heavy (non-hydrogen) atoms. The van der Waals surface area contributed by atoms with Gasteiger partial charge < -0.3 is 11.1 Å². The lowest BCUT2D eigenvalue weighted by molar-refractivity contribution is 0.102. The zero-order valence-electron chi connectivity index (χ0n) is 10.8. The number of aryl methyl sites for hydroxylation is 1. The molecule has 4 N–H and O–H groups in total. The third kappa shape index (κ3) is 2.61. The molecule has 2 aromatic rings. The molecule has 1 amide bonds. The SMILES string of the molecule is CCCc1[nH]nc(C(=O)Nc2c(F)cccc2F)c1N. The number of amides is 1. The maximum Gasteiger partial charge on any atom is 0.278 e. The number of benzene rings is 1. The molecule has 5 nitrogen and oxygen atoms in total. The molecule has 0 aliphatic carbocycles. The summed E-state index contributed by atoms with van der Waals surface area (Å²) in [5, 5.41) is 8.57. The number of aromatic nitrogens is 2. The third-order valence-electron chi connectivity index (χ3n) is 2.80. The highest BCUT2D eigenvalue weighted by Gasteiger charge is 2.19. The molecule has 1 aromatic carbocycles. The summed E-state index contributed by atoms with van der Waals surface area (Å²) in [5.41, 5.74) is 6.01. The van der Waals surface area contributed by atoms with Crippen molar-refractivity contribution in [3.8, 4) is 0 Å². The fraction of sp³-hybridized carbons (Fsp3) is 0.231. The fourth-order valence-electron chi connectivity index (χ4n) is 1.79. The van der Waals surface area contributed by atoms with Crippen LogP contribution in [0, 0.1) is 11.6 Å². The predicted octanol–water partition coefficient (Wildman–Crippen LogP) is 2.47. The number of nitrogens with two attached hydrogens (primary N) is 1. The Morgan fingerprint density at radius 3 is 2.65 bits per heavy atom. The van der Waals surface area contributed by atoms with Gasteiger partial charge in [-0.1, -0.05) is 19.4 Å². The second kappa shape index (κ2) is 5.68. The second-order valence-electron chi connectivity index (χ2n) is 4.27. The van der Waals surface area contributed by atoms with Crippen molar-refractivity contribution in [1.82, 2.24) is 10.2 Å². The Hall–Kier alpha value is -2.44. The zero-order chi connectivity index (χ0) is 14.7. The number of hydrogen-bond donors (Lipinski definition) is 3. The minimum Gasteiger partial charge on any atom is -0.395 e. The minimum absolute atomic E-state index is 0.0731. The van der Waals surface area contributed by atoms with Crippen molar-refractivity contribution in [2.24, 2.45) is 0 Å². The summed E-state index contributed by atoms with van der Waals surface area (Å²) in [6.45, 7) is 1.95. The average molecular weight is 280 g/mol. The van der Waals surface area contributed by atoms with E-state index in [1.165, 1.54) is 6.07 Å². The molecule has 0 unspecified atom stereocenters. The van der Waals surface area contributed by atoms with Crippen molar-refractivity contribution in [2.75, 3.05) is 11.1 Å². The van der Waals surface area contributed by atoms with Gasteiger partial charge in [-0.05, 0) is 18.6 Å². The quantitative estimate of drug-likeness (QED) is 0.804. The molecule has 0 aliphatic heterocycles. The fourth-order valence-corrected chi connectivity index (χ4v) is 1.79. The normalized spacial score (nSPS) is 10.6. The van der Waals surface area contributed by atoms with E-state index in [2.05, 4.69) is 15.5 Å². The van der Waals surface area contributed by atoms with E-state index in [1.54, 1.807) is 0 Å². The van der Waals surface area contributed by atoms with Crippen molar-refractivity contribution < 1.29 is 13.6 Å². The number of nitrogens with zero attached hydrogens (tertiary/aromatic N) is 1. The average Bonchev–Trinajstić information content (AvgIpc) is 2.76. The van der Waals surface area contributed by atoms with Gasteiger partial charge in [0.15, 0.2) is 5.69 Å². The van der Waals surface area contributed by atoms with E-state index < -0.39 is 23.2 Å². The molecule has 7 heteroatoms. The number of carbonyl (C=O) groups excluding carboxylic acids is 1. The summed E-state index contributed by atoms with van der Waals surface area (Å²) >= 11 is 0. The van der Waals surface area contributed by atoms with Crippen LogP contribution in [0.5, 0.6) is 0 Å². The van der Waals surface area contributed by atoms with Gasteiger partial charge in [0.2, 0.25) is 0 Å². The minimum atomic E-state index is -0.860. The topological polar surface area (TPSA) is 83.8 Å². The Morgan fingerprint density at radius 2 is 2.05 bits per heavy atom. The molecule has 0 aliphatic rings. The van der Waals surface area contributed by atoms with Gasteiger partial charge in [0.05, 0.1) is 11.4 Å². The number of aromatic amines is 1.